The third-order valence-electron chi connectivity index (χ3n) is 17.8. The summed E-state index contributed by atoms with van der Waals surface area (Å²) in [5, 5.41) is 0. The number of hydrogen-bond donors (Lipinski definition) is 0. The summed E-state index contributed by atoms with van der Waals surface area (Å²) in [7, 11) is 0. The second-order valence-electron chi connectivity index (χ2n) is 25.1. The minimum Gasteiger partial charge on any atom is -0.302 e. The van der Waals surface area contributed by atoms with Crippen LogP contribution < -0.4 is 0 Å². The maximum absolute atomic E-state index is 2.93. The summed E-state index contributed by atoms with van der Waals surface area (Å²) in [5.74, 6) is 0. The van der Waals surface area contributed by atoms with Gasteiger partial charge in [0.15, 0.2) is 0 Å². The van der Waals surface area contributed by atoms with E-state index < -0.39 is 0 Å². The van der Waals surface area contributed by atoms with Gasteiger partial charge in [0.05, 0.1) is 0 Å². The zero-order valence-electron chi connectivity index (χ0n) is 53.2. The molecule has 1 fully saturated rings. The highest BCUT2D eigenvalue weighted by Gasteiger charge is 2.19. The van der Waals surface area contributed by atoms with Crippen molar-refractivity contribution in [1.29, 1.82) is 0 Å². The van der Waals surface area contributed by atoms with Gasteiger partial charge in [0.2, 0.25) is 0 Å². The monoisotopic (exact) mass is 1060 g/mol. The zero-order chi connectivity index (χ0) is 53.8. The summed E-state index contributed by atoms with van der Waals surface area (Å²) in [6.07, 6.45) is 72.0. The van der Waals surface area contributed by atoms with Crippen LogP contribution in [0.15, 0.2) is 0 Å². The Balaban J connectivity index is 2.72. The van der Waals surface area contributed by atoms with Gasteiger partial charge >= 0.3 is 0 Å². The van der Waals surface area contributed by atoms with Gasteiger partial charge in [-0.25, -0.2) is 0 Å². The van der Waals surface area contributed by atoms with E-state index in [-0.39, 0.29) is 0 Å². The lowest BCUT2D eigenvalue weighted by Gasteiger charge is -2.37. The second-order valence-corrected chi connectivity index (χ2v) is 25.1. The van der Waals surface area contributed by atoms with Gasteiger partial charge in [-0.2, -0.15) is 0 Å². The molecule has 0 radical (unpaired) electrons. The van der Waals surface area contributed by atoms with E-state index in [9.17, 15) is 0 Å². The van der Waals surface area contributed by atoms with Crippen molar-refractivity contribution < 1.29 is 0 Å². The first-order valence-corrected chi connectivity index (χ1v) is 35.8. The highest BCUT2D eigenvalue weighted by Crippen LogP contribution is 2.17. The molecule has 0 aliphatic carbocycles. The van der Waals surface area contributed by atoms with Crippen LogP contribution >= 0.6 is 0 Å². The molecule has 0 aromatic rings. The molecule has 1 saturated heterocycles. The molecule has 0 bridgehead atoms. The standard InChI is InChI=1S/C70H145N5/c1-6-11-16-21-26-31-36-41-46-51-56-71(57-52-47-42-37-32-27-22-17-12-7-2)61-63-73(60-55-50-45-40-35-30-25-20-15-10-5)64-66-75-69-67-74(68-70-75)65-62-72(58-53-48-43-38-33-28-23-18-13-8-3)59-54-49-44-39-34-29-24-19-14-9-4/h6-70H2,1-5H3. The molecule has 0 aromatic carbocycles. The molecular formula is C70H145N5. The van der Waals surface area contributed by atoms with Gasteiger partial charge in [0.1, 0.15) is 0 Å². The Kier molecular flexibility index (Phi) is 59.6. The van der Waals surface area contributed by atoms with Crippen molar-refractivity contribution in [3.8, 4) is 0 Å². The first-order valence-electron chi connectivity index (χ1n) is 35.8. The molecule has 1 aliphatic rings. The summed E-state index contributed by atoms with van der Waals surface area (Å²) in [6.45, 7) is 31.1. The largest absolute Gasteiger partial charge is 0.302 e. The lowest BCUT2D eigenvalue weighted by molar-refractivity contribution is 0.104. The van der Waals surface area contributed by atoms with Crippen LogP contribution in [0.3, 0.4) is 0 Å². The molecule has 0 unspecified atom stereocenters. The smallest absolute Gasteiger partial charge is 0.0110 e. The predicted octanol–water partition coefficient (Wildman–Crippen LogP) is 21.1. The minimum absolute atomic E-state index is 1.27. The van der Waals surface area contributed by atoms with E-state index in [1.54, 1.807) is 0 Å². The summed E-state index contributed by atoms with van der Waals surface area (Å²) in [5.41, 5.74) is 0. The molecular weight excluding hydrogens is 911 g/mol. The minimum atomic E-state index is 1.27. The molecule has 1 heterocycles. The predicted molar refractivity (Wildman–Crippen MR) is 341 cm³/mol. The van der Waals surface area contributed by atoms with Crippen molar-refractivity contribution in [2.24, 2.45) is 0 Å². The van der Waals surface area contributed by atoms with Gasteiger partial charge in [-0.05, 0) is 64.8 Å². The third kappa shape index (κ3) is 52.9. The van der Waals surface area contributed by atoms with Gasteiger partial charge in [-0.3, -0.25) is 9.80 Å². The average Bonchev–Trinajstić information content (AvgIpc) is 3.42. The highest BCUT2D eigenvalue weighted by molar-refractivity contribution is 4.76. The Hall–Kier alpha value is -0.200. The van der Waals surface area contributed by atoms with E-state index in [0.29, 0.717) is 0 Å². The van der Waals surface area contributed by atoms with Crippen LogP contribution in [0.25, 0.3) is 0 Å². The van der Waals surface area contributed by atoms with Crippen molar-refractivity contribution >= 4 is 0 Å². The van der Waals surface area contributed by atoms with E-state index in [1.807, 2.05) is 0 Å². The molecule has 450 valence electrons. The average molecular weight is 1060 g/mol. The Bertz CT molecular complexity index is 982. The van der Waals surface area contributed by atoms with Gasteiger partial charge in [0, 0.05) is 65.4 Å². The fourth-order valence-corrected chi connectivity index (χ4v) is 12.2. The Labute approximate surface area is 476 Å². The zero-order valence-corrected chi connectivity index (χ0v) is 53.2. The Morgan fingerprint density at radius 3 is 0.507 bits per heavy atom. The molecule has 5 heteroatoms. The van der Waals surface area contributed by atoms with Crippen LogP contribution in [0.2, 0.25) is 0 Å². The molecule has 0 atom stereocenters. The highest BCUT2D eigenvalue weighted by atomic mass is 15.3. The van der Waals surface area contributed by atoms with Crippen LogP contribution in [0, 0.1) is 0 Å². The molecule has 0 amide bonds. The fourth-order valence-electron chi connectivity index (χ4n) is 12.2. The van der Waals surface area contributed by atoms with Crippen LogP contribution in [0.5, 0.6) is 0 Å². The lowest BCUT2D eigenvalue weighted by Crippen LogP contribution is -2.50. The summed E-state index contributed by atoms with van der Waals surface area (Å²) in [4.78, 5) is 14.4. The van der Waals surface area contributed by atoms with E-state index >= 15 is 0 Å². The molecule has 1 rings (SSSR count). The summed E-state index contributed by atoms with van der Waals surface area (Å²) >= 11 is 0. The topological polar surface area (TPSA) is 16.2 Å². The molecule has 5 nitrogen and oxygen atoms in total. The maximum atomic E-state index is 2.93. The molecule has 0 aromatic heterocycles. The van der Waals surface area contributed by atoms with Crippen molar-refractivity contribution in [2.75, 3.05) is 98.2 Å². The summed E-state index contributed by atoms with van der Waals surface area (Å²) in [6, 6.07) is 0. The first-order chi connectivity index (χ1) is 37.2. The normalized spacial score (nSPS) is 13.8. The lowest BCUT2D eigenvalue weighted by atomic mass is 10.1. The molecule has 0 saturated carbocycles. The number of hydrogen-bond acceptors (Lipinski definition) is 5. The molecule has 75 heavy (non-hydrogen) atoms. The van der Waals surface area contributed by atoms with Crippen molar-refractivity contribution in [3.05, 3.63) is 0 Å². The second kappa shape index (κ2) is 61.4. The van der Waals surface area contributed by atoms with Gasteiger partial charge in [-0.15, -0.1) is 0 Å². The van der Waals surface area contributed by atoms with Crippen LogP contribution in [0.1, 0.15) is 356 Å². The quantitative estimate of drug-likeness (QED) is 0.0563. The molecule has 1 aliphatic heterocycles. The molecule has 0 spiro atoms. The van der Waals surface area contributed by atoms with Gasteiger partial charge in [0.25, 0.3) is 0 Å². The third-order valence-corrected chi connectivity index (χ3v) is 17.8. The van der Waals surface area contributed by atoms with Crippen LogP contribution in [0.4, 0.5) is 0 Å². The SMILES string of the molecule is CCCCCCCCCCCCN(CCCCCCCCCCCC)CCN(CCCCCCCCCCCC)CCN1CCN(CCN(CCCCCCCCCCCC)CCCCCCCCCCCC)CC1. The van der Waals surface area contributed by atoms with Gasteiger partial charge < -0.3 is 14.7 Å². The van der Waals surface area contributed by atoms with Crippen molar-refractivity contribution in [1.82, 2.24) is 24.5 Å². The van der Waals surface area contributed by atoms with Crippen LogP contribution in [-0.2, 0) is 0 Å². The van der Waals surface area contributed by atoms with E-state index in [4.69, 9.17) is 0 Å². The van der Waals surface area contributed by atoms with Crippen molar-refractivity contribution in [2.45, 2.75) is 356 Å². The van der Waals surface area contributed by atoms with E-state index in [2.05, 4.69) is 59.1 Å². The first kappa shape index (κ1) is 72.8. The number of rotatable bonds is 64. The van der Waals surface area contributed by atoms with E-state index in [1.165, 1.54) is 419 Å². The number of piperazine rings is 1. The summed E-state index contributed by atoms with van der Waals surface area (Å²) < 4.78 is 0. The number of nitrogens with zero attached hydrogens (tertiary/aromatic N) is 5. The Morgan fingerprint density at radius 1 is 0.173 bits per heavy atom. The van der Waals surface area contributed by atoms with E-state index in [0.717, 1.165) is 0 Å². The fraction of sp³-hybridized carbons (Fsp3) is 1.00. The van der Waals surface area contributed by atoms with Crippen LogP contribution in [-0.4, -0.2) is 123 Å². The van der Waals surface area contributed by atoms with Crippen molar-refractivity contribution in [3.63, 3.8) is 0 Å². The Morgan fingerprint density at radius 2 is 0.320 bits per heavy atom. The maximum Gasteiger partial charge on any atom is 0.0110 e. The van der Waals surface area contributed by atoms with Gasteiger partial charge in [-0.1, -0.05) is 324 Å². The molecule has 0 N–H and O–H groups in total. The number of unbranched alkanes of at least 4 members (excludes halogenated alkanes) is 45.